The van der Waals surface area contributed by atoms with Crippen LogP contribution in [-0.2, 0) is 21.1 Å². The second-order valence-corrected chi connectivity index (χ2v) is 21.0. The van der Waals surface area contributed by atoms with Crippen LogP contribution in [0.25, 0.3) is 44.8 Å². The van der Waals surface area contributed by atoms with Crippen LogP contribution in [0.4, 0.5) is 0 Å². The predicted octanol–water partition coefficient (Wildman–Crippen LogP) is 9.51. The molecule has 0 aliphatic heterocycles. The summed E-state index contributed by atoms with van der Waals surface area (Å²) in [6.07, 6.45) is 3.86. The average Bonchev–Trinajstić information content (AvgIpc) is 3.16. The standard InChI is InChI=1S/C18H13.2C14H13N.Bi.Pt/c1-3-8-15(9-4-1)17-12-7-13-18(14-17)16-10-5-2-6-11-16;2*1-11(2)13-8-9-15-14(10-13)12-6-4-3-5-7-12;;/h1-13H;2*3-4,6,8-11H,1-2H3;;/q;2*-1;;+2. The molecule has 2 heterocycles. The molecule has 0 saturated carbocycles. The normalized spacial score (nSPS) is 11.2. The van der Waals surface area contributed by atoms with Gasteiger partial charge < -0.3 is 0 Å². The van der Waals surface area contributed by atoms with Crippen molar-refractivity contribution in [3.63, 3.8) is 0 Å². The van der Waals surface area contributed by atoms with Crippen LogP contribution in [0.1, 0.15) is 50.7 Å². The van der Waals surface area contributed by atoms with Gasteiger partial charge in [-0.2, -0.15) is 0 Å². The minimum Gasteiger partial charge on any atom is 2.00 e. The zero-order valence-electron chi connectivity index (χ0n) is 28.7. The number of benzene rings is 5. The summed E-state index contributed by atoms with van der Waals surface area (Å²) in [4.78, 5) is 9.64. The van der Waals surface area contributed by atoms with Crippen molar-refractivity contribution in [3.05, 3.63) is 175 Å². The van der Waals surface area contributed by atoms with Gasteiger partial charge in [-0.25, -0.2) is 0 Å². The summed E-state index contributed by atoms with van der Waals surface area (Å²) in [6.45, 7) is 8.91. The van der Waals surface area contributed by atoms with Crippen molar-refractivity contribution in [2.45, 2.75) is 39.5 Å². The molecular formula is C46H39BiN2Pt. The van der Waals surface area contributed by atoms with Crippen LogP contribution in [0.5, 0.6) is 0 Å². The predicted molar refractivity (Wildman–Crippen MR) is 207 cm³/mol. The SMILES string of the molecule is CC(C)c1ccnc(-c2[c-][c]([Bi]([c]3[c-]c(-c4cc(C(C)C)ccn4)ccc3)[c]3c(-c4ccccc4)cccc3-c3ccccc3)ccc2)c1.[Pt+2]. The third kappa shape index (κ3) is 7.81. The maximum absolute atomic E-state index is 4.82. The molecule has 0 radical (unpaired) electrons. The van der Waals surface area contributed by atoms with Gasteiger partial charge >= 0.3 is 322 Å². The summed E-state index contributed by atoms with van der Waals surface area (Å²) < 4.78 is 3.95. The van der Waals surface area contributed by atoms with E-state index in [0.717, 1.165) is 22.5 Å². The minimum atomic E-state index is -3.23. The first-order valence-corrected chi connectivity index (χ1v) is 22.2. The van der Waals surface area contributed by atoms with E-state index in [4.69, 9.17) is 9.97 Å². The topological polar surface area (TPSA) is 25.8 Å². The Balaban J connectivity index is 0.00000432. The Morgan fingerprint density at radius 3 is 1.32 bits per heavy atom. The van der Waals surface area contributed by atoms with Crippen LogP contribution in [0, 0.1) is 12.1 Å². The van der Waals surface area contributed by atoms with E-state index in [0.29, 0.717) is 11.8 Å². The largest absolute Gasteiger partial charge is 2.00 e. The van der Waals surface area contributed by atoms with Crippen molar-refractivity contribution in [1.82, 2.24) is 9.97 Å². The first-order chi connectivity index (χ1) is 24.0. The van der Waals surface area contributed by atoms with E-state index >= 15 is 0 Å². The first kappa shape index (κ1) is 35.8. The molecule has 0 amide bonds. The van der Waals surface area contributed by atoms with Gasteiger partial charge in [0.15, 0.2) is 0 Å². The fraction of sp³-hybridized carbons (Fsp3) is 0.130. The summed E-state index contributed by atoms with van der Waals surface area (Å²) in [5.74, 6) is 0.838. The molecule has 7 rings (SSSR count). The molecule has 248 valence electrons. The van der Waals surface area contributed by atoms with E-state index in [1.165, 1.54) is 43.2 Å². The molecule has 5 aromatic carbocycles. The molecule has 50 heavy (non-hydrogen) atoms. The van der Waals surface area contributed by atoms with Gasteiger partial charge in [0, 0.05) is 0 Å². The molecule has 0 unspecified atom stereocenters. The van der Waals surface area contributed by atoms with Crippen molar-refractivity contribution in [2.24, 2.45) is 0 Å². The Morgan fingerprint density at radius 2 is 0.900 bits per heavy atom. The summed E-state index contributed by atoms with van der Waals surface area (Å²) in [6, 6.07) is 58.3. The third-order valence-electron chi connectivity index (χ3n) is 8.92. The van der Waals surface area contributed by atoms with Crippen molar-refractivity contribution >= 4 is 31.6 Å². The van der Waals surface area contributed by atoms with Gasteiger partial charge in [-0.1, -0.05) is 0 Å². The quantitative estimate of drug-likeness (QED) is 0.107. The maximum atomic E-state index is 4.82. The first-order valence-electron chi connectivity index (χ1n) is 17.0. The van der Waals surface area contributed by atoms with E-state index in [2.05, 4.69) is 179 Å². The fourth-order valence-corrected chi connectivity index (χ4v) is 16.2. The van der Waals surface area contributed by atoms with Crippen molar-refractivity contribution in [1.29, 1.82) is 0 Å². The Labute approximate surface area is 319 Å². The Morgan fingerprint density at radius 1 is 0.480 bits per heavy atom. The number of nitrogens with zero attached hydrogens (tertiary/aromatic N) is 2. The van der Waals surface area contributed by atoms with E-state index in [-0.39, 0.29) is 21.1 Å². The average molecular weight is 1020 g/mol. The summed E-state index contributed by atoms with van der Waals surface area (Å²) in [5.41, 5.74) is 11.5. The third-order valence-corrected chi connectivity index (χ3v) is 18.3. The minimum absolute atomic E-state index is 0. The van der Waals surface area contributed by atoms with E-state index < -0.39 is 21.8 Å². The van der Waals surface area contributed by atoms with Gasteiger partial charge in [-0.15, -0.1) is 0 Å². The fourth-order valence-electron chi connectivity index (χ4n) is 6.24. The zero-order chi connectivity index (χ0) is 33.7. The summed E-state index contributed by atoms with van der Waals surface area (Å²) in [5, 5.41) is 0. The molecule has 2 aromatic heterocycles. The van der Waals surface area contributed by atoms with Gasteiger partial charge in [0.05, 0.1) is 0 Å². The molecule has 0 N–H and O–H groups in total. The summed E-state index contributed by atoms with van der Waals surface area (Å²) in [7, 11) is 0. The molecule has 7 aromatic rings. The Hall–Kier alpha value is -4.03. The van der Waals surface area contributed by atoms with E-state index in [1.54, 1.807) is 0 Å². The van der Waals surface area contributed by atoms with Crippen LogP contribution >= 0.6 is 0 Å². The van der Waals surface area contributed by atoms with Crippen molar-refractivity contribution in [3.8, 4) is 44.8 Å². The van der Waals surface area contributed by atoms with Crippen molar-refractivity contribution in [2.75, 3.05) is 0 Å². The van der Waals surface area contributed by atoms with Crippen LogP contribution in [0.15, 0.2) is 152 Å². The maximum Gasteiger partial charge on any atom is 2.00 e. The van der Waals surface area contributed by atoms with E-state index in [1.807, 2.05) is 12.4 Å². The number of hydrogen-bond acceptors (Lipinski definition) is 2. The molecule has 0 fully saturated rings. The van der Waals surface area contributed by atoms with Crippen LogP contribution in [-0.4, -0.2) is 31.7 Å². The molecule has 0 aliphatic rings. The number of rotatable bonds is 9. The van der Waals surface area contributed by atoms with Crippen LogP contribution in [0.2, 0.25) is 0 Å². The van der Waals surface area contributed by atoms with Gasteiger partial charge in [0.1, 0.15) is 0 Å². The van der Waals surface area contributed by atoms with Gasteiger partial charge in [0.25, 0.3) is 0 Å². The smallest absolute Gasteiger partial charge is 2.00 e. The monoisotopic (exact) mass is 1020 g/mol. The van der Waals surface area contributed by atoms with Crippen molar-refractivity contribution < 1.29 is 21.1 Å². The molecular weight excluding hydrogens is 985 g/mol. The zero-order valence-corrected chi connectivity index (χ0v) is 34.5. The molecule has 4 heteroatoms. The number of hydrogen-bond donors (Lipinski definition) is 0. The van der Waals surface area contributed by atoms with Gasteiger partial charge in [0.2, 0.25) is 0 Å². The van der Waals surface area contributed by atoms with Gasteiger partial charge in [-0.3, -0.25) is 0 Å². The number of pyridine rings is 2. The second kappa shape index (κ2) is 16.3. The number of aromatic nitrogens is 2. The Kier molecular flexibility index (Phi) is 11.7. The second-order valence-electron chi connectivity index (χ2n) is 12.9. The van der Waals surface area contributed by atoms with Crippen LogP contribution < -0.4 is 9.81 Å². The van der Waals surface area contributed by atoms with Crippen LogP contribution in [0.3, 0.4) is 0 Å². The van der Waals surface area contributed by atoms with Gasteiger partial charge in [-0.05, 0) is 0 Å². The molecule has 0 atom stereocenters. The Bertz CT molecular complexity index is 2040. The molecule has 0 bridgehead atoms. The summed E-state index contributed by atoms with van der Waals surface area (Å²) >= 11 is -3.23. The molecule has 2 nitrogen and oxygen atoms in total. The van der Waals surface area contributed by atoms with E-state index in [9.17, 15) is 0 Å². The molecule has 0 spiro atoms. The molecule has 0 aliphatic carbocycles. The molecule has 0 saturated heterocycles.